The van der Waals surface area contributed by atoms with E-state index < -0.39 is 5.54 Å². The molecule has 8 heteroatoms. The Morgan fingerprint density at radius 1 is 0.755 bits per heavy atom. The molecule has 0 bridgehead atoms. The van der Waals surface area contributed by atoms with Gasteiger partial charge < -0.3 is 4.52 Å². The van der Waals surface area contributed by atoms with Crippen LogP contribution in [0.15, 0.2) is 144 Å². The molecule has 238 valence electrons. The summed E-state index contributed by atoms with van der Waals surface area (Å²) in [5.74, 6) is 1.16. The van der Waals surface area contributed by atoms with Crippen molar-refractivity contribution in [3.63, 3.8) is 0 Å². The van der Waals surface area contributed by atoms with Crippen LogP contribution in [0.25, 0.3) is 39.5 Å². The van der Waals surface area contributed by atoms with Crippen LogP contribution >= 0.6 is 0 Å². The Hall–Kier alpha value is -6.15. The minimum Gasteiger partial charge on any atom is -0.339 e. The molecule has 0 amide bonds. The fraction of sp³-hybridized carbons (Fsp3) is 0.122. The molecule has 4 aromatic carbocycles. The van der Waals surface area contributed by atoms with Crippen LogP contribution < -0.4 is 0 Å². The van der Waals surface area contributed by atoms with Crippen molar-refractivity contribution in [1.29, 1.82) is 0 Å². The maximum Gasteiger partial charge on any atom is 0.230 e. The van der Waals surface area contributed by atoms with Crippen LogP contribution in [0.5, 0.6) is 0 Å². The number of hydrogen-bond donors (Lipinski definition) is 0. The van der Waals surface area contributed by atoms with E-state index in [9.17, 15) is 0 Å². The summed E-state index contributed by atoms with van der Waals surface area (Å²) in [6.07, 6.45) is 7.93. The SMILES string of the molecule is Cc1ccc(-c2nn(C(c3ccccc3)(c3ccccc3)c3ccccc3)cc2-c2ccc3ncc(-c4noc(C5CC5)n4)n3c2)c(F)c1. The van der Waals surface area contributed by atoms with Crippen LogP contribution in [0.3, 0.4) is 0 Å². The number of pyridine rings is 1. The van der Waals surface area contributed by atoms with Gasteiger partial charge in [-0.25, -0.2) is 9.37 Å². The third kappa shape index (κ3) is 4.87. The zero-order chi connectivity index (χ0) is 33.0. The molecule has 7 nitrogen and oxygen atoms in total. The first-order valence-corrected chi connectivity index (χ1v) is 16.4. The standard InChI is InChI=1S/C41H31FN6O/c1-27-17-21-33(35(42)23-27)38-34(29-20-22-37-43-24-36(47(37)25-29)39-44-40(49-46-39)28-18-19-28)26-48(45-38)41(30-11-5-2-6-12-30,31-13-7-3-8-14-31)32-15-9-4-10-16-32/h2-17,20-26,28H,18-19H2,1H3. The summed E-state index contributed by atoms with van der Waals surface area (Å²) in [6, 6.07) is 40.3. The number of aryl methyl sites for hydroxylation is 1. The number of halogens is 1. The van der Waals surface area contributed by atoms with E-state index in [-0.39, 0.29) is 5.82 Å². The first-order chi connectivity index (χ1) is 24.1. The highest BCUT2D eigenvalue weighted by Gasteiger charge is 2.40. The lowest BCUT2D eigenvalue weighted by molar-refractivity contribution is 0.380. The molecule has 1 saturated carbocycles. The van der Waals surface area contributed by atoms with Crippen LogP contribution in [0.1, 0.15) is 46.9 Å². The molecule has 9 rings (SSSR count). The molecule has 4 heterocycles. The summed E-state index contributed by atoms with van der Waals surface area (Å²) in [7, 11) is 0. The van der Waals surface area contributed by atoms with Crippen LogP contribution in [0.4, 0.5) is 4.39 Å². The molecule has 0 saturated heterocycles. The zero-order valence-electron chi connectivity index (χ0n) is 26.7. The number of benzene rings is 4. The smallest absolute Gasteiger partial charge is 0.230 e. The van der Waals surface area contributed by atoms with E-state index in [4.69, 9.17) is 9.62 Å². The highest BCUT2D eigenvalue weighted by Crippen LogP contribution is 2.44. The van der Waals surface area contributed by atoms with E-state index in [0.29, 0.717) is 28.9 Å². The highest BCUT2D eigenvalue weighted by molar-refractivity contribution is 5.82. The summed E-state index contributed by atoms with van der Waals surface area (Å²) in [5, 5.41) is 9.62. The lowest BCUT2D eigenvalue weighted by Crippen LogP contribution is -2.38. The van der Waals surface area contributed by atoms with Gasteiger partial charge in [0.25, 0.3) is 0 Å². The van der Waals surface area contributed by atoms with Gasteiger partial charge in [-0.1, -0.05) is 102 Å². The summed E-state index contributed by atoms with van der Waals surface area (Å²) in [5.41, 5.74) is 7.02. The van der Waals surface area contributed by atoms with Crippen molar-refractivity contribution in [1.82, 2.24) is 29.3 Å². The van der Waals surface area contributed by atoms with Gasteiger partial charge in [-0.3, -0.25) is 9.08 Å². The van der Waals surface area contributed by atoms with Crippen molar-refractivity contribution in [3.05, 3.63) is 174 Å². The minimum absolute atomic E-state index is 0.333. The predicted molar refractivity (Wildman–Crippen MR) is 186 cm³/mol. The Morgan fingerprint density at radius 2 is 1.41 bits per heavy atom. The topological polar surface area (TPSA) is 74.0 Å². The number of nitrogens with zero attached hydrogens (tertiary/aromatic N) is 6. The average molecular weight is 643 g/mol. The Bertz CT molecular complexity index is 2330. The summed E-state index contributed by atoms with van der Waals surface area (Å²) in [4.78, 5) is 9.31. The number of fused-ring (bicyclic) bond motifs is 1. The van der Waals surface area contributed by atoms with Gasteiger partial charge in [0, 0.05) is 35.0 Å². The molecule has 0 N–H and O–H groups in total. The Balaban J connectivity index is 1.32. The van der Waals surface area contributed by atoms with Gasteiger partial charge in [-0.2, -0.15) is 10.1 Å². The molecule has 8 aromatic rings. The molecule has 49 heavy (non-hydrogen) atoms. The fourth-order valence-electron chi connectivity index (χ4n) is 6.84. The van der Waals surface area contributed by atoms with Gasteiger partial charge in [0.2, 0.25) is 11.7 Å². The maximum absolute atomic E-state index is 16.0. The predicted octanol–water partition coefficient (Wildman–Crippen LogP) is 9.08. The van der Waals surface area contributed by atoms with Gasteiger partial charge in [0.05, 0.1) is 6.20 Å². The zero-order valence-corrected chi connectivity index (χ0v) is 26.7. The van der Waals surface area contributed by atoms with Crippen molar-refractivity contribution in [2.75, 3.05) is 0 Å². The summed E-state index contributed by atoms with van der Waals surface area (Å²) in [6.45, 7) is 1.89. The molecular weight excluding hydrogens is 611 g/mol. The molecule has 1 fully saturated rings. The normalized spacial score (nSPS) is 13.3. The molecule has 0 radical (unpaired) electrons. The quantitative estimate of drug-likeness (QED) is 0.155. The van der Waals surface area contributed by atoms with E-state index >= 15 is 4.39 Å². The van der Waals surface area contributed by atoms with Gasteiger partial charge in [-0.15, -0.1) is 0 Å². The van der Waals surface area contributed by atoms with Crippen molar-refractivity contribution >= 4 is 5.65 Å². The number of aromatic nitrogens is 6. The first-order valence-electron chi connectivity index (χ1n) is 16.4. The maximum atomic E-state index is 16.0. The van der Waals surface area contributed by atoms with Crippen LogP contribution in [-0.2, 0) is 5.54 Å². The van der Waals surface area contributed by atoms with Gasteiger partial charge in [0.1, 0.15) is 28.4 Å². The second-order valence-corrected chi connectivity index (χ2v) is 12.6. The van der Waals surface area contributed by atoms with E-state index in [1.807, 2.05) is 107 Å². The second-order valence-electron chi connectivity index (χ2n) is 12.6. The third-order valence-electron chi connectivity index (χ3n) is 9.43. The molecule has 0 unspecified atom stereocenters. The number of rotatable bonds is 8. The highest BCUT2D eigenvalue weighted by atomic mass is 19.1. The van der Waals surface area contributed by atoms with Crippen molar-refractivity contribution in [3.8, 4) is 33.9 Å². The van der Waals surface area contributed by atoms with Crippen LogP contribution in [0, 0.1) is 12.7 Å². The number of imidazole rings is 1. The first kappa shape index (κ1) is 29.0. The molecular formula is C41H31FN6O. The fourth-order valence-corrected chi connectivity index (χ4v) is 6.84. The largest absolute Gasteiger partial charge is 0.339 e. The molecule has 4 aromatic heterocycles. The van der Waals surface area contributed by atoms with Gasteiger partial charge in [0.15, 0.2) is 0 Å². The third-order valence-corrected chi connectivity index (χ3v) is 9.43. The Morgan fingerprint density at radius 3 is 2.02 bits per heavy atom. The lowest BCUT2D eigenvalue weighted by atomic mass is 9.77. The number of hydrogen-bond acceptors (Lipinski definition) is 5. The molecule has 0 atom stereocenters. The van der Waals surface area contributed by atoms with E-state index in [2.05, 4.69) is 51.5 Å². The molecule has 1 aliphatic rings. The van der Waals surface area contributed by atoms with Gasteiger partial charge in [-0.05, 0) is 66.3 Å². The van der Waals surface area contributed by atoms with E-state index in [0.717, 1.165) is 57.6 Å². The van der Waals surface area contributed by atoms with Gasteiger partial charge >= 0.3 is 0 Å². The lowest BCUT2D eigenvalue weighted by Gasteiger charge is -2.36. The summed E-state index contributed by atoms with van der Waals surface area (Å²) >= 11 is 0. The molecule has 1 aliphatic carbocycles. The second kappa shape index (κ2) is 11.5. The monoisotopic (exact) mass is 642 g/mol. The van der Waals surface area contributed by atoms with Crippen molar-refractivity contribution < 1.29 is 8.91 Å². The van der Waals surface area contributed by atoms with Crippen LogP contribution in [-0.4, -0.2) is 29.3 Å². The minimum atomic E-state index is -0.883. The van der Waals surface area contributed by atoms with Crippen molar-refractivity contribution in [2.45, 2.75) is 31.2 Å². The van der Waals surface area contributed by atoms with E-state index in [1.54, 1.807) is 12.3 Å². The molecule has 0 aliphatic heterocycles. The van der Waals surface area contributed by atoms with Crippen molar-refractivity contribution in [2.24, 2.45) is 0 Å². The van der Waals surface area contributed by atoms with E-state index in [1.165, 1.54) is 0 Å². The Labute approximate surface area is 282 Å². The Kier molecular flexibility index (Phi) is 6.83. The molecule has 0 spiro atoms. The van der Waals surface area contributed by atoms with Crippen LogP contribution in [0.2, 0.25) is 0 Å². The average Bonchev–Trinajstić information content (AvgIpc) is 3.50. The summed E-state index contributed by atoms with van der Waals surface area (Å²) < 4.78 is 25.5.